The topological polar surface area (TPSA) is 93.3 Å². The zero-order valence-electron chi connectivity index (χ0n) is 23.8. The van der Waals surface area contributed by atoms with Gasteiger partial charge in [-0.1, -0.05) is 102 Å². The number of thiazole rings is 1. The van der Waals surface area contributed by atoms with Crippen molar-refractivity contribution in [2.24, 2.45) is 10.2 Å². The molecule has 2 aromatic rings. The second kappa shape index (κ2) is 18.6. The molecule has 0 saturated carbocycles. The van der Waals surface area contributed by atoms with Crippen molar-refractivity contribution in [2.75, 3.05) is 12.4 Å². The summed E-state index contributed by atoms with van der Waals surface area (Å²) in [5, 5.41) is 8.53. The fraction of sp³-hybridized carbons (Fsp3) is 0.724. The lowest BCUT2D eigenvalue weighted by Gasteiger charge is -2.08. The van der Waals surface area contributed by atoms with Crippen LogP contribution in [-0.2, 0) is 16.7 Å². The molecule has 2 rings (SSSR count). The molecule has 0 aliphatic rings. The van der Waals surface area contributed by atoms with Gasteiger partial charge >= 0.3 is 0 Å². The summed E-state index contributed by atoms with van der Waals surface area (Å²) in [7, 11) is -3.99. The largest absolute Gasteiger partial charge is 0.494 e. The molecular formula is C29H49N3O4S2. The molecule has 1 aromatic carbocycles. The van der Waals surface area contributed by atoms with E-state index in [2.05, 4.69) is 17.1 Å². The Morgan fingerprint density at radius 2 is 1.47 bits per heavy atom. The summed E-state index contributed by atoms with van der Waals surface area (Å²) in [5.41, 5.74) is 1.79. The molecule has 1 heterocycles. The Bertz CT molecular complexity index is 1130. The van der Waals surface area contributed by atoms with Gasteiger partial charge in [-0.2, -0.15) is 13.5 Å². The SMILES string of the molecule is CCCCCCCCCCCCCCCCOc1ccc2c(c1)sc(=NN=C(C)C)n2CCCS(=O)(=O)O. The van der Waals surface area contributed by atoms with E-state index in [1.165, 1.54) is 94.8 Å². The molecule has 1 aromatic heterocycles. The Morgan fingerprint density at radius 1 is 0.895 bits per heavy atom. The summed E-state index contributed by atoms with van der Waals surface area (Å²) in [4.78, 5) is 0.695. The van der Waals surface area contributed by atoms with Crippen molar-refractivity contribution in [3.8, 4) is 5.75 Å². The minimum absolute atomic E-state index is 0.284. The Kier molecular flexibility index (Phi) is 15.9. The Balaban J connectivity index is 1.72. The van der Waals surface area contributed by atoms with Crippen molar-refractivity contribution < 1.29 is 17.7 Å². The van der Waals surface area contributed by atoms with Gasteiger partial charge in [-0.05, 0) is 44.9 Å². The first-order valence-corrected chi connectivity index (χ1v) is 17.0. The lowest BCUT2D eigenvalue weighted by Crippen LogP contribution is -2.17. The number of hydrogen-bond donors (Lipinski definition) is 1. The summed E-state index contributed by atoms with van der Waals surface area (Å²) in [5.74, 6) is 0.549. The second-order valence-electron chi connectivity index (χ2n) is 10.4. The maximum Gasteiger partial charge on any atom is 0.264 e. The zero-order chi connectivity index (χ0) is 27.6. The van der Waals surface area contributed by atoms with E-state index in [1.54, 1.807) is 0 Å². The molecule has 0 bridgehead atoms. The fourth-order valence-electron chi connectivity index (χ4n) is 4.47. The lowest BCUT2D eigenvalue weighted by molar-refractivity contribution is 0.304. The number of benzene rings is 1. The van der Waals surface area contributed by atoms with Crippen molar-refractivity contribution in [1.82, 2.24) is 4.57 Å². The van der Waals surface area contributed by atoms with Gasteiger partial charge in [0.05, 0.1) is 22.6 Å². The van der Waals surface area contributed by atoms with Crippen LogP contribution in [0.4, 0.5) is 0 Å². The van der Waals surface area contributed by atoms with E-state index in [4.69, 9.17) is 9.29 Å². The summed E-state index contributed by atoms with van der Waals surface area (Å²) in [6.07, 6.45) is 19.0. The number of hydrogen-bond acceptors (Lipinski definition) is 6. The molecule has 9 heteroatoms. The van der Waals surface area contributed by atoms with E-state index in [-0.39, 0.29) is 5.75 Å². The first-order valence-electron chi connectivity index (χ1n) is 14.6. The number of aryl methyl sites for hydroxylation is 1. The van der Waals surface area contributed by atoms with E-state index in [1.807, 2.05) is 36.6 Å². The zero-order valence-corrected chi connectivity index (χ0v) is 25.4. The van der Waals surface area contributed by atoms with Crippen LogP contribution in [0.3, 0.4) is 0 Å². The lowest BCUT2D eigenvalue weighted by atomic mass is 10.0. The standard InChI is InChI=1S/C29H49N3O4S2/c1-4-5-6-7-8-9-10-11-12-13-14-15-16-17-22-36-26-19-20-27-28(24-26)37-29(31-30-25(2)3)32(27)21-18-23-38(33,34)35/h19-20,24H,4-18,21-23H2,1-3H3,(H,33,34,35). The minimum atomic E-state index is -3.99. The van der Waals surface area contributed by atoms with Gasteiger partial charge in [0.1, 0.15) is 5.75 Å². The van der Waals surface area contributed by atoms with Crippen LogP contribution in [0.25, 0.3) is 10.2 Å². The van der Waals surface area contributed by atoms with Gasteiger partial charge in [0.25, 0.3) is 10.1 Å². The Labute approximate surface area is 234 Å². The van der Waals surface area contributed by atoms with Crippen LogP contribution in [0.2, 0.25) is 0 Å². The normalized spacial score (nSPS) is 12.4. The van der Waals surface area contributed by atoms with Crippen molar-refractivity contribution >= 4 is 37.4 Å². The van der Waals surface area contributed by atoms with E-state index in [0.717, 1.165) is 28.1 Å². The Hall–Kier alpha value is -1.71. The van der Waals surface area contributed by atoms with Crippen molar-refractivity contribution in [1.29, 1.82) is 0 Å². The smallest absolute Gasteiger partial charge is 0.264 e. The van der Waals surface area contributed by atoms with Crippen LogP contribution in [0.5, 0.6) is 5.75 Å². The molecule has 0 saturated heterocycles. The van der Waals surface area contributed by atoms with Gasteiger partial charge in [0.15, 0.2) is 0 Å². The number of rotatable bonds is 21. The van der Waals surface area contributed by atoms with Crippen LogP contribution in [0.15, 0.2) is 28.4 Å². The molecule has 0 aliphatic carbocycles. The van der Waals surface area contributed by atoms with Gasteiger partial charge in [0, 0.05) is 12.3 Å². The molecule has 0 aliphatic heterocycles. The van der Waals surface area contributed by atoms with Crippen molar-refractivity contribution in [3.05, 3.63) is 23.0 Å². The van der Waals surface area contributed by atoms with Crippen LogP contribution >= 0.6 is 11.3 Å². The highest BCUT2D eigenvalue weighted by atomic mass is 32.2. The van der Waals surface area contributed by atoms with E-state index in [9.17, 15) is 8.42 Å². The van der Waals surface area contributed by atoms with E-state index in [0.29, 0.717) is 24.4 Å². The molecule has 216 valence electrons. The first-order chi connectivity index (χ1) is 18.3. The summed E-state index contributed by atoms with van der Waals surface area (Å²) >= 11 is 1.50. The maximum absolute atomic E-state index is 11.1. The van der Waals surface area contributed by atoms with Gasteiger partial charge in [0.2, 0.25) is 4.80 Å². The molecule has 0 unspecified atom stereocenters. The van der Waals surface area contributed by atoms with E-state index >= 15 is 0 Å². The van der Waals surface area contributed by atoms with Crippen LogP contribution in [0, 0.1) is 0 Å². The third-order valence-corrected chi connectivity index (χ3v) is 8.38. The molecule has 38 heavy (non-hydrogen) atoms. The van der Waals surface area contributed by atoms with Crippen molar-refractivity contribution in [3.63, 3.8) is 0 Å². The van der Waals surface area contributed by atoms with Crippen LogP contribution in [-0.4, -0.2) is 35.6 Å². The first kappa shape index (κ1) is 32.5. The molecular weight excluding hydrogens is 518 g/mol. The fourth-order valence-corrected chi connectivity index (χ4v) is 6.00. The van der Waals surface area contributed by atoms with E-state index < -0.39 is 10.1 Å². The molecule has 0 atom stereocenters. The van der Waals surface area contributed by atoms with Gasteiger partial charge in [-0.15, -0.1) is 5.10 Å². The van der Waals surface area contributed by atoms with Crippen LogP contribution < -0.4 is 9.54 Å². The Morgan fingerprint density at radius 3 is 2.03 bits per heavy atom. The monoisotopic (exact) mass is 567 g/mol. The predicted molar refractivity (Wildman–Crippen MR) is 161 cm³/mol. The number of ether oxygens (including phenoxy) is 1. The molecule has 0 amide bonds. The number of unbranched alkanes of at least 4 members (excludes halogenated alkanes) is 13. The number of nitrogens with zero attached hydrogens (tertiary/aromatic N) is 3. The number of fused-ring (bicyclic) bond motifs is 1. The highest BCUT2D eigenvalue weighted by Crippen LogP contribution is 2.24. The predicted octanol–water partition coefficient (Wildman–Crippen LogP) is 8.14. The molecule has 0 radical (unpaired) electrons. The summed E-state index contributed by atoms with van der Waals surface area (Å²) in [6.45, 7) is 7.16. The number of aromatic nitrogens is 1. The van der Waals surface area contributed by atoms with Gasteiger partial charge in [-0.3, -0.25) is 4.55 Å². The van der Waals surface area contributed by atoms with Gasteiger partial charge in [-0.25, -0.2) is 0 Å². The molecule has 0 fully saturated rings. The minimum Gasteiger partial charge on any atom is -0.494 e. The quantitative estimate of drug-likeness (QED) is 0.0713. The third-order valence-electron chi connectivity index (χ3n) is 6.54. The highest BCUT2D eigenvalue weighted by molar-refractivity contribution is 7.85. The average molecular weight is 568 g/mol. The molecule has 1 N–H and O–H groups in total. The maximum atomic E-state index is 11.1. The van der Waals surface area contributed by atoms with Crippen LogP contribution in [0.1, 0.15) is 117 Å². The molecule has 7 nitrogen and oxygen atoms in total. The van der Waals surface area contributed by atoms with Gasteiger partial charge < -0.3 is 9.30 Å². The van der Waals surface area contributed by atoms with Crippen molar-refractivity contribution in [2.45, 2.75) is 124 Å². The summed E-state index contributed by atoms with van der Waals surface area (Å²) < 4.78 is 40.3. The second-order valence-corrected chi connectivity index (χ2v) is 13.0. The average Bonchev–Trinajstić information content (AvgIpc) is 3.21. The third kappa shape index (κ3) is 13.9. The highest BCUT2D eigenvalue weighted by Gasteiger charge is 2.10. The molecule has 0 spiro atoms. The summed E-state index contributed by atoms with van der Waals surface area (Å²) in [6, 6.07) is 5.96.